The van der Waals surface area contributed by atoms with E-state index in [9.17, 15) is 18.0 Å². The predicted octanol–water partition coefficient (Wildman–Crippen LogP) is 2.82. The number of hydrogen-bond acceptors (Lipinski definition) is 1. The number of carboxylic acid groups (broad SMARTS) is 1. The maximum atomic E-state index is 12.4. The van der Waals surface area contributed by atoms with E-state index < -0.39 is 23.1 Å². The summed E-state index contributed by atoms with van der Waals surface area (Å²) in [4.78, 5) is 10.9. The van der Waals surface area contributed by atoms with Gasteiger partial charge in [0.2, 0.25) is 0 Å². The van der Waals surface area contributed by atoms with Gasteiger partial charge in [0, 0.05) is 5.41 Å². The van der Waals surface area contributed by atoms with Crippen LogP contribution in [0.1, 0.15) is 24.0 Å². The van der Waals surface area contributed by atoms with E-state index in [1.54, 1.807) is 0 Å². The van der Waals surface area contributed by atoms with Crippen LogP contribution in [-0.2, 0) is 16.4 Å². The van der Waals surface area contributed by atoms with E-state index in [1.165, 1.54) is 12.1 Å². The molecule has 0 heterocycles. The highest BCUT2D eigenvalue weighted by molar-refractivity contribution is 5.89. The molecule has 0 unspecified atom stereocenters. The zero-order valence-corrected chi connectivity index (χ0v) is 8.71. The molecule has 2 nitrogen and oxygen atoms in total. The molecular formula is C12H9F3O2. The molecule has 90 valence electrons. The molecule has 1 N–H and O–H groups in total. The fourth-order valence-corrected chi connectivity index (χ4v) is 2.70. The molecule has 0 aromatic heterocycles. The third-order valence-electron chi connectivity index (χ3n) is 4.05. The molecule has 3 rings (SSSR count). The second kappa shape index (κ2) is 2.66. The standard InChI is InChI=1S/C12H9F3O2/c13-12(14,15)8-3-1-7(2-4-8)10-5-11(10,6-10)9(16)17/h1-4H,5-6H2,(H,16,17). The lowest BCUT2D eigenvalue weighted by Crippen LogP contribution is -2.05. The van der Waals surface area contributed by atoms with Gasteiger partial charge >= 0.3 is 12.1 Å². The van der Waals surface area contributed by atoms with Gasteiger partial charge in [-0.15, -0.1) is 0 Å². The molecule has 0 amide bonds. The van der Waals surface area contributed by atoms with Crippen LogP contribution in [-0.4, -0.2) is 11.1 Å². The van der Waals surface area contributed by atoms with E-state index in [0.717, 1.165) is 12.1 Å². The molecular weight excluding hydrogens is 233 g/mol. The van der Waals surface area contributed by atoms with Gasteiger partial charge in [0.25, 0.3) is 0 Å². The van der Waals surface area contributed by atoms with Crippen molar-refractivity contribution in [3.8, 4) is 0 Å². The summed E-state index contributed by atoms with van der Waals surface area (Å²) in [6, 6.07) is 4.85. The van der Waals surface area contributed by atoms with E-state index in [1.807, 2.05) is 0 Å². The Morgan fingerprint density at radius 3 is 2.06 bits per heavy atom. The van der Waals surface area contributed by atoms with Gasteiger partial charge in [0.1, 0.15) is 0 Å². The Hall–Kier alpha value is -1.52. The smallest absolute Gasteiger partial charge is 0.416 e. The quantitative estimate of drug-likeness (QED) is 0.865. The monoisotopic (exact) mass is 242 g/mol. The van der Waals surface area contributed by atoms with Gasteiger partial charge in [0.15, 0.2) is 0 Å². The summed E-state index contributed by atoms with van der Waals surface area (Å²) in [5, 5.41) is 8.98. The van der Waals surface area contributed by atoms with Crippen LogP contribution in [0.3, 0.4) is 0 Å². The van der Waals surface area contributed by atoms with Crippen molar-refractivity contribution in [3.63, 3.8) is 0 Å². The molecule has 0 radical (unpaired) electrons. The Labute approximate surface area is 95.1 Å². The highest BCUT2D eigenvalue weighted by Crippen LogP contribution is 2.85. The number of aliphatic carboxylic acids is 1. The molecule has 0 aliphatic heterocycles. The molecule has 2 aliphatic rings. The Morgan fingerprint density at radius 1 is 1.18 bits per heavy atom. The normalized spacial score (nSPS) is 34.1. The highest BCUT2D eigenvalue weighted by Gasteiger charge is 2.88. The number of benzene rings is 1. The average molecular weight is 242 g/mol. The first-order valence-electron chi connectivity index (χ1n) is 5.23. The second-order valence-corrected chi connectivity index (χ2v) is 4.90. The van der Waals surface area contributed by atoms with Crippen LogP contribution in [0.2, 0.25) is 0 Å². The molecule has 17 heavy (non-hydrogen) atoms. The Bertz CT molecular complexity index is 495. The number of hydrogen-bond donors (Lipinski definition) is 1. The molecule has 0 spiro atoms. The summed E-state index contributed by atoms with van der Waals surface area (Å²) in [5.41, 5.74) is -1.02. The summed E-state index contributed by atoms with van der Waals surface area (Å²) in [5.74, 6) is -0.836. The molecule has 5 heteroatoms. The predicted molar refractivity (Wildman–Crippen MR) is 52.4 cm³/mol. The van der Waals surface area contributed by atoms with Crippen molar-refractivity contribution in [3.05, 3.63) is 35.4 Å². The fourth-order valence-electron chi connectivity index (χ4n) is 2.70. The van der Waals surface area contributed by atoms with Gasteiger partial charge in [-0.05, 0) is 30.5 Å². The Morgan fingerprint density at radius 2 is 1.71 bits per heavy atom. The van der Waals surface area contributed by atoms with Gasteiger partial charge in [-0.25, -0.2) is 0 Å². The van der Waals surface area contributed by atoms with Crippen molar-refractivity contribution in [2.45, 2.75) is 24.4 Å². The first kappa shape index (κ1) is 10.6. The van der Waals surface area contributed by atoms with Gasteiger partial charge in [-0.3, -0.25) is 4.79 Å². The van der Waals surface area contributed by atoms with Crippen molar-refractivity contribution in [2.24, 2.45) is 5.41 Å². The number of carboxylic acids is 1. The van der Waals surface area contributed by atoms with E-state index >= 15 is 0 Å². The number of rotatable bonds is 2. The van der Waals surface area contributed by atoms with Crippen molar-refractivity contribution >= 4 is 5.97 Å². The number of fused-ring (bicyclic) bond motifs is 1. The largest absolute Gasteiger partial charge is 0.481 e. The van der Waals surface area contributed by atoms with Crippen LogP contribution in [0.5, 0.6) is 0 Å². The fraction of sp³-hybridized carbons (Fsp3) is 0.417. The van der Waals surface area contributed by atoms with E-state index in [-0.39, 0.29) is 5.41 Å². The summed E-state index contributed by atoms with van der Waals surface area (Å²) in [6.45, 7) is 0. The van der Waals surface area contributed by atoms with Crippen LogP contribution >= 0.6 is 0 Å². The molecule has 0 saturated heterocycles. The molecule has 0 atom stereocenters. The van der Waals surface area contributed by atoms with Crippen LogP contribution in [0.4, 0.5) is 13.2 Å². The highest BCUT2D eigenvalue weighted by atomic mass is 19.4. The maximum absolute atomic E-state index is 12.4. The van der Waals surface area contributed by atoms with Crippen LogP contribution in [0, 0.1) is 5.41 Å². The number of alkyl halides is 3. The molecule has 2 saturated carbocycles. The Balaban J connectivity index is 1.87. The van der Waals surface area contributed by atoms with Crippen molar-refractivity contribution in [1.29, 1.82) is 0 Å². The first-order chi connectivity index (χ1) is 7.82. The minimum absolute atomic E-state index is 0.372. The molecule has 2 fully saturated rings. The number of carbonyl (C=O) groups is 1. The van der Waals surface area contributed by atoms with E-state index in [4.69, 9.17) is 5.11 Å². The molecule has 1 aromatic carbocycles. The van der Waals surface area contributed by atoms with Crippen LogP contribution in [0.25, 0.3) is 0 Å². The molecule has 1 aromatic rings. The zero-order chi connectivity index (χ0) is 12.5. The van der Waals surface area contributed by atoms with Gasteiger partial charge in [-0.1, -0.05) is 12.1 Å². The van der Waals surface area contributed by atoms with Gasteiger partial charge in [0.05, 0.1) is 11.0 Å². The molecule has 2 aliphatic carbocycles. The minimum Gasteiger partial charge on any atom is -0.481 e. The van der Waals surface area contributed by atoms with E-state index in [2.05, 4.69) is 0 Å². The van der Waals surface area contributed by atoms with Crippen LogP contribution in [0.15, 0.2) is 24.3 Å². The third-order valence-corrected chi connectivity index (χ3v) is 4.05. The summed E-state index contributed by atoms with van der Waals surface area (Å²) in [7, 11) is 0. The Kier molecular flexibility index (Phi) is 1.66. The third kappa shape index (κ3) is 1.19. The van der Waals surface area contributed by atoms with E-state index in [0.29, 0.717) is 18.4 Å². The topological polar surface area (TPSA) is 37.3 Å². The van der Waals surface area contributed by atoms with Crippen molar-refractivity contribution < 1.29 is 23.1 Å². The SMILES string of the molecule is O=C(O)C12CC1(c1ccc(C(F)(F)F)cc1)C2. The summed E-state index contributed by atoms with van der Waals surface area (Å²) >= 11 is 0. The summed E-state index contributed by atoms with van der Waals surface area (Å²) < 4.78 is 37.1. The first-order valence-corrected chi connectivity index (χ1v) is 5.23. The van der Waals surface area contributed by atoms with Crippen molar-refractivity contribution in [2.75, 3.05) is 0 Å². The lowest BCUT2D eigenvalue weighted by Gasteiger charge is -2.08. The summed E-state index contributed by atoms with van der Waals surface area (Å²) in [6.07, 6.45) is -3.23. The van der Waals surface area contributed by atoms with Crippen LogP contribution < -0.4 is 0 Å². The average Bonchev–Trinajstić information content (AvgIpc) is 3.01. The van der Waals surface area contributed by atoms with Crippen molar-refractivity contribution in [1.82, 2.24) is 0 Å². The molecule has 0 bridgehead atoms. The lowest BCUT2D eigenvalue weighted by atomic mass is 10.0. The zero-order valence-electron chi connectivity index (χ0n) is 8.71. The van der Waals surface area contributed by atoms with Gasteiger partial charge in [-0.2, -0.15) is 13.2 Å². The van der Waals surface area contributed by atoms with Gasteiger partial charge < -0.3 is 5.11 Å². The number of halogens is 3. The minimum atomic E-state index is -4.34. The lowest BCUT2D eigenvalue weighted by molar-refractivity contribution is -0.141. The maximum Gasteiger partial charge on any atom is 0.416 e. The second-order valence-electron chi connectivity index (χ2n) is 4.90.